The zero-order chi connectivity index (χ0) is 23.3. The number of aromatic amines is 1. The first kappa shape index (κ1) is 21.2. The average molecular weight is 444 g/mol. The number of hydrogen-bond acceptors (Lipinski definition) is 4. The second-order valence-electron chi connectivity index (χ2n) is 9.76. The molecule has 3 aromatic heterocycles. The quantitative estimate of drug-likeness (QED) is 0.443. The molecule has 0 saturated heterocycles. The summed E-state index contributed by atoms with van der Waals surface area (Å²) in [7, 11) is 0. The first-order valence-electron chi connectivity index (χ1n) is 11.3. The number of hydrogen-bond donors (Lipinski definition) is 1. The normalized spacial score (nSPS) is 14.7. The monoisotopic (exact) mass is 443 g/mol. The van der Waals surface area contributed by atoms with Crippen LogP contribution in [0.5, 0.6) is 0 Å². The summed E-state index contributed by atoms with van der Waals surface area (Å²) in [6.45, 7) is 11.1. The van der Waals surface area contributed by atoms with Gasteiger partial charge in [0.05, 0.1) is 0 Å². The third-order valence-electron chi connectivity index (χ3n) is 6.08. The highest BCUT2D eigenvalue weighted by Crippen LogP contribution is 2.35. The van der Waals surface area contributed by atoms with Crippen molar-refractivity contribution in [3.05, 3.63) is 59.7 Å². The standard InChI is InChI=1S/C26H29N5O2/c1-16-10-19(20-11-17(2)24-28-15-29-31(24)14-20)12-22-23(16)21(13-27-22)18-6-8-30(9-7-18)25(32)33-26(3,4)5/h6,10-15,27H,7-9H2,1-5H3. The fourth-order valence-corrected chi connectivity index (χ4v) is 4.56. The fraction of sp³-hybridized carbons (Fsp3) is 0.346. The molecule has 4 heterocycles. The van der Waals surface area contributed by atoms with Crippen molar-refractivity contribution in [2.24, 2.45) is 0 Å². The Morgan fingerprint density at radius 1 is 1.12 bits per heavy atom. The van der Waals surface area contributed by atoms with Crippen LogP contribution >= 0.6 is 0 Å². The van der Waals surface area contributed by atoms with Crippen molar-refractivity contribution in [2.75, 3.05) is 13.1 Å². The lowest BCUT2D eigenvalue weighted by Crippen LogP contribution is -2.39. The Kier molecular flexibility index (Phi) is 5.00. The summed E-state index contributed by atoms with van der Waals surface area (Å²) in [6, 6.07) is 6.58. The molecular formula is C26H29N5O2. The number of H-pyrrole nitrogens is 1. The first-order valence-corrected chi connectivity index (χ1v) is 11.3. The number of aryl methyl sites for hydroxylation is 2. The molecule has 1 amide bonds. The van der Waals surface area contributed by atoms with Crippen molar-refractivity contribution in [1.29, 1.82) is 0 Å². The highest BCUT2D eigenvalue weighted by atomic mass is 16.6. The topological polar surface area (TPSA) is 75.5 Å². The molecular weight excluding hydrogens is 414 g/mol. The van der Waals surface area contributed by atoms with Crippen LogP contribution in [-0.4, -0.2) is 49.3 Å². The van der Waals surface area contributed by atoms with Crippen molar-refractivity contribution in [2.45, 2.75) is 46.6 Å². The third-order valence-corrected chi connectivity index (χ3v) is 6.08. The molecule has 1 aromatic carbocycles. The average Bonchev–Trinajstić information content (AvgIpc) is 3.40. The van der Waals surface area contributed by atoms with E-state index in [9.17, 15) is 4.79 Å². The number of benzene rings is 1. The van der Waals surface area contributed by atoms with Crippen molar-refractivity contribution in [3.63, 3.8) is 0 Å². The Hall–Kier alpha value is -3.61. The lowest BCUT2D eigenvalue weighted by molar-refractivity contribution is 0.0270. The van der Waals surface area contributed by atoms with Crippen molar-refractivity contribution in [3.8, 4) is 11.1 Å². The van der Waals surface area contributed by atoms with Gasteiger partial charge in [-0.3, -0.25) is 0 Å². The molecule has 0 radical (unpaired) electrons. The van der Waals surface area contributed by atoms with E-state index in [4.69, 9.17) is 4.74 Å². The van der Waals surface area contributed by atoms with Gasteiger partial charge in [0.2, 0.25) is 0 Å². The summed E-state index contributed by atoms with van der Waals surface area (Å²) in [5, 5.41) is 5.54. The number of ether oxygens (including phenoxy) is 1. The maximum atomic E-state index is 12.4. The van der Waals surface area contributed by atoms with Gasteiger partial charge in [0.1, 0.15) is 11.9 Å². The van der Waals surface area contributed by atoms with Crippen LogP contribution in [0.4, 0.5) is 4.79 Å². The minimum atomic E-state index is -0.482. The van der Waals surface area contributed by atoms with Crippen molar-refractivity contribution in [1.82, 2.24) is 24.5 Å². The van der Waals surface area contributed by atoms with Gasteiger partial charge in [-0.25, -0.2) is 14.3 Å². The highest BCUT2D eigenvalue weighted by molar-refractivity contribution is 5.97. The van der Waals surface area contributed by atoms with Crippen molar-refractivity contribution >= 4 is 28.2 Å². The van der Waals surface area contributed by atoms with Gasteiger partial charge in [-0.05, 0) is 75.4 Å². The van der Waals surface area contributed by atoms with Gasteiger partial charge in [-0.1, -0.05) is 12.1 Å². The number of amides is 1. The highest BCUT2D eigenvalue weighted by Gasteiger charge is 2.24. The molecule has 170 valence electrons. The van der Waals surface area contributed by atoms with Crippen LogP contribution in [0, 0.1) is 13.8 Å². The van der Waals surface area contributed by atoms with Gasteiger partial charge in [0, 0.05) is 47.5 Å². The van der Waals surface area contributed by atoms with Crippen LogP contribution in [0.2, 0.25) is 0 Å². The zero-order valence-corrected chi connectivity index (χ0v) is 19.8. The molecule has 0 spiro atoms. The Bertz CT molecular complexity index is 1400. The van der Waals surface area contributed by atoms with Gasteiger partial charge in [0.25, 0.3) is 0 Å². The Labute approximate surface area is 193 Å². The molecule has 4 aromatic rings. The minimum Gasteiger partial charge on any atom is -0.444 e. The largest absolute Gasteiger partial charge is 0.444 e. The van der Waals surface area contributed by atoms with Gasteiger partial charge >= 0.3 is 6.09 Å². The molecule has 1 aliphatic rings. The van der Waals surface area contributed by atoms with Crippen LogP contribution in [0.3, 0.4) is 0 Å². The number of nitrogens with zero attached hydrogens (tertiary/aromatic N) is 4. The van der Waals surface area contributed by atoms with E-state index in [2.05, 4.69) is 59.4 Å². The van der Waals surface area contributed by atoms with Crippen molar-refractivity contribution < 1.29 is 9.53 Å². The first-order chi connectivity index (χ1) is 15.7. The van der Waals surface area contributed by atoms with E-state index in [0.717, 1.165) is 34.3 Å². The maximum Gasteiger partial charge on any atom is 0.410 e. The number of rotatable bonds is 2. The zero-order valence-electron chi connectivity index (χ0n) is 19.8. The lowest BCUT2D eigenvalue weighted by Gasteiger charge is -2.29. The molecule has 0 unspecified atom stereocenters. The van der Waals surface area contributed by atoms with Gasteiger partial charge in [-0.15, -0.1) is 0 Å². The number of aromatic nitrogens is 4. The molecule has 0 aliphatic carbocycles. The van der Waals surface area contributed by atoms with Gasteiger partial charge in [0.15, 0.2) is 5.65 Å². The number of pyridine rings is 1. The Morgan fingerprint density at radius 2 is 1.91 bits per heavy atom. The van der Waals surface area contributed by atoms with E-state index >= 15 is 0 Å². The van der Waals surface area contributed by atoms with Crippen LogP contribution in [-0.2, 0) is 4.74 Å². The lowest BCUT2D eigenvalue weighted by atomic mass is 9.94. The molecule has 1 N–H and O–H groups in total. The van der Waals surface area contributed by atoms with E-state index < -0.39 is 5.60 Å². The number of carbonyl (C=O) groups excluding carboxylic acids is 1. The predicted molar refractivity (Wildman–Crippen MR) is 130 cm³/mol. The molecule has 0 fully saturated rings. The molecule has 0 saturated carbocycles. The summed E-state index contributed by atoms with van der Waals surface area (Å²) < 4.78 is 7.35. The summed E-state index contributed by atoms with van der Waals surface area (Å²) in [6.07, 6.45) is 8.38. The molecule has 0 bridgehead atoms. The molecule has 1 aliphatic heterocycles. The SMILES string of the molecule is Cc1cc(-c2cc(C)c3ncnn3c2)cc2[nH]cc(C3=CCN(C(=O)OC(C)(C)C)CC3)c12. The molecule has 33 heavy (non-hydrogen) atoms. The Morgan fingerprint density at radius 3 is 2.64 bits per heavy atom. The van der Waals surface area contributed by atoms with E-state index in [1.165, 1.54) is 22.1 Å². The van der Waals surface area contributed by atoms with Gasteiger partial charge in [-0.2, -0.15) is 5.10 Å². The van der Waals surface area contributed by atoms with E-state index in [-0.39, 0.29) is 6.09 Å². The van der Waals surface area contributed by atoms with Crippen LogP contribution < -0.4 is 0 Å². The smallest absolute Gasteiger partial charge is 0.410 e. The van der Waals surface area contributed by atoms with Crippen LogP contribution in [0.15, 0.2) is 43.0 Å². The molecule has 7 heteroatoms. The second-order valence-corrected chi connectivity index (χ2v) is 9.76. The van der Waals surface area contributed by atoms with Crippen LogP contribution in [0.25, 0.3) is 33.3 Å². The molecule has 0 atom stereocenters. The fourth-order valence-electron chi connectivity index (χ4n) is 4.56. The second kappa shape index (κ2) is 7.76. The Balaban J connectivity index is 1.45. The number of fused-ring (bicyclic) bond motifs is 2. The summed E-state index contributed by atoms with van der Waals surface area (Å²) in [4.78, 5) is 21.9. The predicted octanol–water partition coefficient (Wildman–Crippen LogP) is 5.52. The molecule has 7 nitrogen and oxygen atoms in total. The van der Waals surface area contributed by atoms with E-state index in [1.54, 1.807) is 11.2 Å². The minimum absolute atomic E-state index is 0.253. The number of nitrogens with one attached hydrogen (secondary N) is 1. The summed E-state index contributed by atoms with van der Waals surface area (Å²) in [5.74, 6) is 0. The molecule has 5 rings (SSSR count). The van der Waals surface area contributed by atoms with Gasteiger partial charge < -0.3 is 14.6 Å². The third kappa shape index (κ3) is 3.99. The summed E-state index contributed by atoms with van der Waals surface area (Å²) in [5.41, 5.74) is 8.53. The maximum absolute atomic E-state index is 12.4. The van der Waals surface area contributed by atoms with Crippen LogP contribution in [0.1, 0.15) is 43.9 Å². The summed E-state index contributed by atoms with van der Waals surface area (Å²) >= 11 is 0. The van der Waals surface area contributed by atoms with E-state index in [1.807, 2.05) is 31.5 Å². The van der Waals surface area contributed by atoms with E-state index in [0.29, 0.717) is 13.1 Å². The number of carbonyl (C=O) groups is 1.